The zero-order chi connectivity index (χ0) is 15.6. The average molecular weight is 326 g/mol. The molecule has 1 aromatic carbocycles. The molecule has 3 unspecified atom stereocenters. The van der Waals surface area contributed by atoms with E-state index in [1.165, 1.54) is 25.7 Å². The molecule has 2 saturated carbocycles. The van der Waals surface area contributed by atoms with Crippen LogP contribution in [0.2, 0.25) is 0 Å². The van der Waals surface area contributed by atoms with Gasteiger partial charge in [-0.25, -0.2) is 4.98 Å². The molecule has 4 rings (SSSR count). The molecule has 4 heteroatoms. The highest BCUT2D eigenvalue weighted by Crippen LogP contribution is 2.49. The maximum Gasteiger partial charge on any atom is 0.220 e. The highest BCUT2D eigenvalue weighted by molar-refractivity contribution is 7.13. The Morgan fingerprint density at radius 2 is 2.09 bits per heavy atom. The van der Waals surface area contributed by atoms with Gasteiger partial charge in [0.05, 0.1) is 12.2 Å². The number of thiazole rings is 1. The van der Waals surface area contributed by atoms with E-state index in [9.17, 15) is 4.79 Å². The number of amides is 1. The lowest BCUT2D eigenvalue weighted by Crippen LogP contribution is -2.27. The van der Waals surface area contributed by atoms with Crippen LogP contribution in [0.15, 0.2) is 35.7 Å². The molecule has 1 amide bonds. The van der Waals surface area contributed by atoms with Gasteiger partial charge in [0, 0.05) is 17.4 Å². The van der Waals surface area contributed by atoms with Crippen LogP contribution in [0.3, 0.4) is 0 Å². The molecular formula is C19H22N2OS. The van der Waals surface area contributed by atoms with E-state index in [2.05, 4.69) is 22.4 Å². The summed E-state index contributed by atoms with van der Waals surface area (Å²) in [6.07, 6.45) is 6.08. The van der Waals surface area contributed by atoms with Crippen molar-refractivity contribution in [2.24, 2.45) is 17.8 Å². The van der Waals surface area contributed by atoms with Gasteiger partial charge in [-0.15, -0.1) is 11.3 Å². The maximum atomic E-state index is 12.2. The Labute approximate surface area is 141 Å². The van der Waals surface area contributed by atoms with Gasteiger partial charge in [0.2, 0.25) is 5.91 Å². The van der Waals surface area contributed by atoms with Crippen molar-refractivity contribution < 1.29 is 4.79 Å². The lowest BCUT2D eigenvalue weighted by Gasteiger charge is -2.20. The third-order valence-corrected chi connectivity index (χ3v) is 6.31. The highest BCUT2D eigenvalue weighted by Gasteiger charge is 2.39. The maximum absolute atomic E-state index is 12.2. The van der Waals surface area contributed by atoms with Crippen molar-refractivity contribution in [3.63, 3.8) is 0 Å². The topological polar surface area (TPSA) is 42.0 Å². The molecule has 0 radical (unpaired) electrons. The van der Waals surface area contributed by atoms with Gasteiger partial charge in [-0.1, -0.05) is 36.8 Å². The smallest absolute Gasteiger partial charge is 0.220 e. The van der Waals surface area contributed by atoms with Gasteiger partial charge in [0.15, 0.2) is 0 Å². The average Bonchev–Trinajstić information content (AvgIpc) is 3.30. The Balaban J connectivity index is 1.29. The summed E-state index contributed by atoms with van der Waals surface area (Å²) < 4.78 is 0. The lowest BCUT2D eigenvalue weighted by molar-refractivity contribution is -0.122. The summed E-state index contributed by atoms with van der Waals surface area (Å²) in [6, 6.07) is 10.2. The second kappa shape index (κ2) is 6.44. The molecule has 0 spiro atoms. The molecule has 120 valence electrons. The molecule has 2 fully saturated rings. The number of hydrogen-bond acceptors (Lipinski definition) is 3. The largest absolute Gasteiger partial charge is 0.350 e. The summed E-state index contributed by atoms with van der Waals surface area (Å²) in [5.74, 6) is 2.54. The molecule has 0 saturated heterocycles. The van der Waals surface area contributed by atoms with Gasteiger partial charge in [-0.05, 0) is 37.0 Å². The van der Waals surface area contributed by atoms with E-state index in [0.29, 0.717) is 18.9 Å². The third kappa shape index (κ3) is 3.32. The van der Waals surface area contributed by atoms with Gasteiger partial charge in [0.1, 0.15) is 5.01 Å². The van der Waals surface area contributed by atoms with Gasteiger partial charge >= 0.3 is 0 Å². The zero-order valence-electron chi connectivity index (χ0n) is 13.2. The summed E-state index contributed by atoms with van der Waals surface area (Å²) in [4.78, 5) is 16.8. The predicted octanol–water partition coefficient (Wildman–Crippen LogP) is 4.25. The van der Waals surface area contributed by atoms with Crippen molar-refractivity contribution in [2.75, 3.05) is 0 Å². The van der Waals surface area contributed by atoms with E-state index in [0.717, 1.165) is 28.1 Å². The summed E-state index contributed by atoms with van der Waals surface area (Å²) in [6.45, 7) is 0.545. The van der Waals surface area contributed by atoms with E-state index >= 15 is 0 Å². The first-order valence-corrected chi connectivity index (χ1v) is 9.42. The summed E-state index contributed by atoms with van der Waals surface area (Å²) >= 11 is 1.63. The number of aromatic nitrogens is 1. The van der Waals surface area contributed by atoms with Crippen molar-refractivity contribution in [2.45, 2.75) is 38.6 Å². The van der Waals surface area contributed by atoms with E-state index < -0.39 is 0 Å². The second-order valence-corrected chi connectivity index (χ2v) is 7.78. The van der Waals surface area contributed by atoms with Crippen molar-refractivity contribution in [3.05, 3.63) is 41.4 Å². The first-order chi connectivity index (χ1) is 11.3. The molecule has 2 aromatic rings. The van der Waals surface area contributed by atoms with Crippen LogP contribution in [-0.4, -0.2) is 10.9 Å². The Bertz CT molecular complexity index is 682. The summed E-state index contributed by atoms with van der Waals surface area (Å²) in [5, 5.41) is 6.11. The highest BCUT2D eigenvalue weighted by atomic mass is 32.1. The minimum Gasteiger partial charge on any atom is -0.350 e. The van der Waals surface area contributed by atoms with Crippen LogP contribution >= 0.6 is 11.3 Å². The summed E-state index contributed by atoms with van der Waals surface area (Å²) in [5.41, 5.74) is 2.09. The molecule has 3 atom stereocenters. The number of carbonyl (C=O) groups excluding carboxylic acids is 1. The first kappa shape index (κ1) is 14.9. The fourth-order valence-electron chi connectivity index (χ4n) is 4.23. The third-order valence-electron chi connectivity index (χ3n) is 5.37. The van der Waals surface area contributed by atoms with Gasteiger partial charge in [-0.2, -0.15) is 0 Å². The van der Waals surface area contributed by atoms with Crippen molar-refractivity contribution in [1.29, 1.82) is 0 Å². The van der Waals surface area contributed by atoms with E-state index in [1.807, 2.05) is 23.6 Å². The van der Waals surface area contributed by atoms with Crippen LogP contribution in [0.1, 0.15) is 37.8 Å². The van der Waals surface area contributed by atoms with Crippen LogP contribution in [0.4, 0.5) is 0 Å². The van der Waals surface area contributed by atoms with E-state index in [-0.39, 0.29) is 5.91 Å². The minimum absolute atomic E-state index is 0.191. The predicted molar refractivity (Wildman–Crippen MR) is 93.0 cm³/mol. The van der Waals surface area contributed by atoms with Crippen LogP contribution < -0.4 is 5.32 Å². The molecule has 23 heavy (non-hydrogen) atoms. The molecule has 2 aliphatic carbocycles. The molecule has 1 heterocycles. The van der Waals surface area contributed by atoms with Crippen LogP contribution in [0.25, 0.3) is 10.6 Å². The van der Waals surface area contributed by atoms with Crippen LogP contribution in [-0.2, 0) is 11.3 Å². The number of hydrogen-bond donors (Lipinski definition) is 1. The van der Waals surface area contributed by atoms with Crippen molar-refractivity contribution in [3.8, 4) is 10.6 Å². The fourth-order valence-corrected chi connectivity index (χ4v) is 5.05. The number of rotatable bonds is 5. The van der Waals surface area contributed by atoms with Crippen molar-refractivity contribution in [1.82, 2.24) is 10.3 Å². The lowest BCUT2D eigenvalue weighted by atomic mass is 9.86. The zero-order valence-corrected chi connectivity index (χ0v) is 14.0. The van der Waals surface area contributed by atoms with Gasteiger partial charge < -0.3 is 5.32 Å². The van der Waals surface area contributed by atoms with Gasteiger partial charge in [0.25, 0.3) is 0 Å². The molecule has 1 aromatic heterocycles. The normalized spacial score (nSPS) is 25.7. The molecule has 2 bridgehead atoms. The van der Waals surface area contributed by atoms with Crippen LogP contribution in [0, 0.1) is 17.8 Å². The number of benzene rings is 1. The Hall–Kier alpha value is -1.68. The quantitative estimate of drug-likeness (QED) is 0.892. The summed E-state index contributed by atoms with van der Waals surface area (Å²) in [7, 11) is 0. The van der Waals surface area contributed by atoms with Gasteiger partial charge in [-0.3, -0.25) is 4.79 Å². The monoisotopic (exact) mass is 326 g/mol. The number of fused-ring (bicyclic) bond motifs is 2. The Kier molecular flexibility index (Phi) is 4.17. The number of carbonyl (C=O) groups is 1. The first-order valence-electron chi connectivity index (χ1n) is 8.54. The molecule has 2 aliphatic rings. The number of nitrogens with zero attached hydrogens (tertiary/aromatic N) is 1. The molecule has 0 aliphatic heterocycles. The Morgan fingerprint density at radius 1 is 1.22 bits per heavy atom. The van der Waals surface area contributed by atoms with E-state index in [1.54, 1.807) is 11.3 Å². The standard InChI is InChI=1S/C19H22N2OS/c22-18(10-16-9-13-6-7-15(16)8-13)20-11-17-12-23-19(21-17)14-4-2-1-3-5-14/h1-5,12-13,15-16H,6-11H2,(H,20,22). The minimum atomic E-state index is 0.191. The fraction of sp³-hybridized carbons (Fsp3) is 0.474. The molecule has 1 N–H and O–H groups in total. The van der Waals surface area contributed by atoms with Crippen LogP contribution in [0.5, 0.6) is 0 Å². The number of nitrogens with one attached hydrogen (secondary N) is 1. The van der Waals surface area contributed by atoms with Crippen molar-refractivity contribution >= 4 is 17.2 Å². The second-order valence-electron chi connectivity index (χ2n) is 6.93. The molecular weight excluding hydrogens is 304 g/mol. The molecule has 3 nitrogen and oxygen atoms in total. The van der Waals surface area contributed by atoms with E-state index in [4.69, 9.17) is 0 Å². The SMILES string of the molecule is O=C(CC1CC2CCC1C2)NCc1csc(-c2ccccc2)n1. The Morgan fingerprint density at radius 3 is 2.83 bits per heavy atom.